The van der Waals surface area contributed by atoms with Crippen molar-refractivity contribution in [2.75, 3.05) is 5.73 Å². The van der Waals surface area contributed by atoms with Gasteiger partial charge in [0.25, 0.3) is 0 Å². The average Bonchev–Trinajstić information content (AvgIpc) is 2.33. The van der Waals surface area contributed by atoms with Crippen molar-refractivity contribution in [3.05, 3.63) is 59.7 Å². The number of hydrogen-bond acceptors (Lipinski definition) is 3. The first-order chi connectivity index (χ1) is 8.16. The maximum atomic E-state index is 13.1. The summed E-state index contributed by atoms with van der Waals surface area (Å²) >= 11 is 0. The fourth-order valence-electron chi connectivity index (χ4n) is 1.66. The number of anilines is 1. The summed E-state index contributed by atoms with van der Waals surface area (Å²) in [4.78, 5) is 4.10. The molecule has 0 aliphatic heterocycles. The third-order valence-electron chi connectivity index (χ3n) is 2.54. The maximum absolute atomic E-state index is 13.1. The van der Waals surface area contributed by atoms with Crippen molar-refractivity contribution in [2.45, 2.75) is 12.5 Å². The van der Waals surface area contributed by atoms with Gasteiger partial charge in [0.1, 0.15) is 5.82 Å². The standard InChI is InChI=1S/C13H13FN2O/c14-9-4-5-12(15)11(7-9)13(17)8-10-3-1-2-6-16-10/h1-7,13,17H,8,15H2. The van der Waals surface area contributed by atoms with Gasteiger partial charge >= 0.3 is 0 Å². The third kappa shape index (κ3) is 2.79. The number of rotatable bonds is 3. The molecule has 1 atom stereocenters. The molecular formula is C13H13FN2O. The molecule has 0 saturated carbocycles. The zero-order valence-electron chi connectivity index (χ0n) is 9.18. The van der Waals surface area contributed by atoms with E-state index in [1.165, 1.54) is 18.2 Å². The van der Waals surface area contributed by atoms with Gasteiger partial charge < -0.3 is 10.8 Å². The number of pyridine rings is 1. The van der Waals surface area contributed by atoms with Crippen molar-refractivity contribution in [1.29, 1.82) is 0 Å². The summed E-state index contributed by atoms with van der Waals surface area (Å²) in [6.07, 6.45) is 1.12. The van der Waals surface area contributed by atoms with Gasteiger partial charge in [-0.2, -0.15) is 0 Å². The molecule has 1 heterocycles. The number of nitrogens with two attached hydrogens (primary N) is 1. The van der Waals surface area contributed by atoms with E-state index in [4.69, 9.17) is 5.73 Å². The minimum Gasteiger partial charge on any atom is -0.398 e. The molecule has 1 aromatic heterocycles. The molecular weight excluding hydrogens is 219 g/mol. The van der Waals surface area contributed by atoms with E-state index in [9.17, 15) is 9.50 Å². The highest BCUT2D eigenvalue weighted by molar-refractivity contribution is 5.48. The highest BCUT2D eigenvalue weighted by Gasteiger charge is 2.13. The number of benzene rings is 1. The second-order valence-corrected chi connectivity index (χ2v) is 3.81. The van der Waals surface area contributed by atoms with Crippen molar-refractivity contribution < 1.29 is 9.50 Å². The molecule has 0 aliphatic rings. The Labute approximate surface area is 98.7 Å². The molecule has 3 N–H and O–H groups in total. The van der Waals surface area contributed by atoms with E-state index in [1.54, 1.807) is 18.3 Å². The van der Waals surface area contributed by atoms with Crippen molar-refractivity contribution in [1.82, 2.24) is 4.98 Å². The highest BCUT2D eigenvalue weighted by atomic mass is 19.1. The number of hydrogen-bond donors (Lipinski definition) is 2. The summed E-state index contributed by atoms with van der Waals surface area (Å²) < 4.78 is 13.1. The number of nitrogens with zero attached hydrogens (tertiary/aromatic N) is 1. The van der Waals surface area contributed by atoms with Crippen molar-refractivity contribution >= 4 is 5.69 Å². The third-order valence-corrected chi connectivity index (χ3v) is 2.54. The Morgan fingerprint density at radius 1 is 1.29 bits per heavy atom. The van der Waals surface area contributed by atoms with Crippen LogP contribution in [0.15, 0.2) is 42.6 Å². The van der Waals surface area contributed by atoms with Crippen molar-refractivity contribution in [3.63, 3.8) is 0 Å². The Kier molecular flexibility index (Phi) is 3.35. The first kappa shape index (κ1) is 11.5. The van der Waals surface area contributed by atoms with Crippen LogP contribution in [0.2, 0.25) is 0 Å². The van der Waals surface area contributed by atoms with Crippen LogP contribution in [0.1, 0.15) is 17.4 Å². The molecule has 0 bridgehead atoms. The molecule has 0 spiro atoms. The van der Waals surface area contributed by atoms with Crippen LogP contribution in [0.4, 0.5) is 10.1 Å². The molecule has 1 unspecified atom stereocenters. The fraction of sp³-hybridized carbons (Fsp3) is 0.154. The number of aliphatic hydroxyl groups excluding tert-OH is 1. The molecule has 2 rings (SSSR count). The molecule has 2 aromatic rings. The lowest BCUT2D eigenvalue weighted by molar-refractivity contribution is 0.177. The Morgan fingerprint density at radius 2 is 2.12 bits per heavy atom. The second kappa shape index (κ2) is 4.93. The minimum atomic E-state index is -0.847. The number of aliphatic hydroxyl groups is 1. The van der Waals surface area contributed by atoms with E-state index in [0.29, 0.717) is 17.7 Å². The summed E-state index contributed by atoms with van der Waals surface area (Å²) in [7, 11) is 0. The first-order valence-electron chi connectivity index (χ1n) is 5.29. The normalized spacial score (nSPS) is 12.4. The Hall–Kier alpha value is -1.94. The Balaban J connectivity index is 2.20. The topological polar surface area (TPSA) is 59.1 Å². The molecule has 0 radical (unpaired) electrons. The number of halogens is 1. The van der Waals surface area contributed by atoms with Gasteiger partial charge in [0.05, 0.1) is 6.10 Å². The Bertz CT molecular complexity index is 502. The molecule has 88 valence electrons. The van der Waals surface area contributed by atoms with Crippen LogP contribution in [-0.2, 0) is 6.42 Å². The lowest BCUT2D eigenvalue weighted by Crippen LogP contribution is -2.06. The summed E-state index contributed by atoms with van der Waals surface area (Å²) in [5.41, 5.74) is 7.22. The summed E-state index contributed by atoms with van der Waals surface area (Å²) in [5, 5.41) is 9.99. The number of aromatic nitrogens is 1. The van der Waals surface area contributed by atoms with E-state index < -0.39 is 11.9 Å². The molecule has 0 fully saturated rings. The smallest absolute Gasteiger partial charge is 0.123 e. The van der Waals surface area contributed by atoms with E-state index >= 15 is 0 Å². The maximum Gasteiger partial charge on any atom is 0.123 e. The Morgan fingerprint density at radius 3 is 2.82 bits per heavy atom. The van der Waals surface area contributed by atoms with Crippen LogP contribution in [0.3, 0.4) is 0 Å². The van der Waals surface area contributed by atoms with Gasteiger partial charge in [-0.15, -0.1) is 0 Å². The van der Waals surface area contributed by atoms with Gasteiger partial charge in [-0.1, -0.05) is 6.07 Å². The van der Waals surface area contributed by atoms with Gasteiger partial charge in [-0.05, 0) is 30.3 Å². The van der Waals surface area contributed by atoms with Gasteiger partial charge in [0, 0.05) is 29.6 Å². The summed E-state index contributed by atoms with van der Waals surface area (Å²) in [6, 6.07) is 9.41. The summed E-state index contributed by atoms with van der Waals surface area (Å²) in [6.45, 7) is 0. The second-order valence-electron chi connectivity index (χ2n) is 3.81. The lowest BCUT2D eigenvalue weighted by Gasteiger charge is -2.13. The molecule has 4 heteroatoms. The quantitative estimate of drug-likeness (QED) is 0.796. The van der Waals surface area contributed by atoms with Gasteiger partial charge in [0.15, 0.2) is 0 Å². The van der Waals surface area contributed by atoms with Gasteiger partial charge in [-0.3, -0.25) is 4.98 Å². The number of nitrogen functional groups attached to an aromatic ring is 1. The van der Waals surface area contributed by atoms with Crippen LogP contribution < -0.4 is 5.73 Å². The minimum absolute atomic E-state index is 0.314. The largest absolute Gasteiger partial charge is 0.398 e. The predicted molar refractivity (Wildman–Crippen MR) is 63.7 cm³/mol. The van der Waals surface area contributed by atoms with Crippen molar-refractivity contribution in [2.24, 2.45) is 0 Å². The first-order valence-corrected chi connectivity index (χ1v) is 5.29. The lowest BCUT2D eigenvalue weighted by atomic mass is 10.0. The van der Waals surface area contributed by atoms with Crippen LogP contribution >= 0.6 is 0 Å². The van der Waals surface area contributed by atoms with E-state index in [0.717, 1.165) is 5.69 Å². The highest BCUT2D eigenvalue weighted by Crippen LogP contribution is 2.23. The van der Waals surface area contributed by atoms with E-state index in [-0.39, 0.29) is 0 Å². The monoisotopic (exact) mass is 232 g/mol. The molecule has 0 amide bonds. The molecule has 17 heavy (non-hydrogen) atoms. The predicted octanol–water partition coefficient (Wildman–Crippen LogP) is 2.08. The zero-order chi connectivity index (χ0) is 12.3. The van der Waals surface area contributed by atoms with Crippen molar-refractivity contribution in [3.8, 4) is 0 Å². The van der Waals surface area contributed by atoms with E-state index in [2.05, 4.69) is 4.98 Å². The fourth-order valence-corrected chi connectivity index (χ4v) is 1.66. The molecule has 0 aliphatic carbocycles. The SMILES string of the molecule is Nc1ccc(F)cc1C(O)Cc1ccccn1. The van der Waals surface area contributed by atoms with Crippen LogP contribution in [0, 0.1) is 5.82 Å². The summed E-state index contributed by atoms with van der Waals surface area (Å²) in [5.74, 6) is -0.408. The van der Waals surface area contributed by atoms with Gasteiger partial charge in [-0.25, -0.2) is 4.39 Å². The van der Waals surface area contributed by atoms with Gasteiger partial charge in [0.2, 0.25) is 0 Å². The van der Waals surface area contributed by atoms with Crippen LogP contribution in [-0.4, -0.2) is 10.1 Å². The average molecular weight is 232 g/mol. The molecule has 1 aromatic carbocycles. The van der Waals surface area contributed by atoms with E-state index in [1.807, 2.05) is 6.07 Å². The van der Waals surface area contributed by atoms with Crippen LogP contribution in [0.5, 0.6) is 0 Å². The zero-order valence-corrected chi connectivity index (χ0v) is 9.18. The van der Waals surface area contributed by atoms with Crippen LogP contribution in [0.25, 0.3) is 0 Å². The molecule has 0 saturated heterocycles. The molecule has 3 nitrogen and oxygen atoms in total.